The fraction of sp³-hybridized carbons (Fsp3) is 1.00. The molecule has 1 aliphatic carbocycles. The normalized spacial score (nSPS) is 29.4. The standard InChI is InChI=1S/C8H15N3/c1-6(2)3-7-4-8(5-7)10-11-9/h6-8H,3-5H2,1-2H3. The molecule has 0 unspecified atom stereocenters. The largest absolute Gasteiger partial charge is 0.0906 e. The van der Waals surface area contributed by atoms with E-state index in [4.69, 9.17) is 5.53 Å². The molecule has 0 saturated heterocycles. The zero-order valence-electron chi connectivity index (χ0n) is 7.20. The molecule has 0 radical (unpaired) electrons. The lowest BCUT2D eigenvalue weighted by molar-refractivity contribution is 0.226. The number of rotatable bonds is 3. The molecule has 0 heterocycles. The van der Waals surface area contributed by atoms with Gasteiger partial charge in [0.15, 0.2) is 0 Å². The summed E-state index contributed by atoms with van der Waals surface area (Å²) in [4.78, 5) is 2.80. The maximum atomic E-state index is 8.13. The molecule has 1 saturated carbocycles. The highest BCUT2D eigenvalue weighted by Crippen LogP contribution is 2.34. The van der Waals surface area contributed by atoms with Gasteiger partial charge in [0.25, 0.3) is 0 Å². The monoisotopic (exact) mass is 153 g/mol. The molecule has 1 rings (SSSR count). The molecule has 3 nitrogen and oxygen atoms in total. The van der Waals surface area contributed by atoms with E-state index in [0.29, 0.717) is 6.04 Å². The van der Waals surface area contributed by atoms with Crippen LogP contribution in [0.3, 0.4) is 0 Å². The number of hydrogen-bond donors (Lipinski definition) is 0. The van der Waals surface area contributed by atoms with Crippen LogP contribution < -0.4 is 0 Å². The highest BCUT2D eigenvalue weighted by Gasteiger charge is 2.28. The van der Waals surface area contributed by atoms with Crippen molar-refractivity contribution in [2.24, 2.45) is 17.0 Å². The molecular formula is C8H15N3. The number of azide groups is 1. The average Bonchev–Trinajstić information content (AvgIpc) is 1.82. The van der Waals surface area contributed by atoms with E-state index in [0.717, 1.165) is 24.7 Å². The minimum atomic E-state index is 0.309. The minimum absolute atomic E-state index is 0.309. The van der Waals surface area contributed by atoms with Gasteiger partial charge in [-0.2, -0.15) is 0 Å². The second kappa shape index (κ2) is 3.63. The molecule has 0 spiro atoms. The fourth-order valence-corrected chi connectivity index (χ4v) is 1.73. The summed E-state index contributed by atoms with van der Waals surface area (Å²) in [5.41, 5.74) is 8.13. The van der Waals surface area contributed by atoms with Crippen LogP contribution in [0.15, 0.2) is 5.11 Å². The molecule has 3 heteroatoms. The molecule has 0 bridgehead atoms. The van der Waals surface area contributed by atoms with Crippen LogP contribution in [0, 0.1) is 11.8 Å². The van der Waals surface area contributed by atoms with Crippen LogP contribution in [0.4, 0.5) is 0 Å². The van der Waals surface area contributed by atoms with Crippen molar-refractivity contribution < 1.29 is 0 Å². The van der Waals surface area contributed by atoms with E-state index in [-0.39, 0.29) is 0 Å². The van der Waals surface area contributed by atoms with E-state index in [1.54, 1.807) is 0 Å². The van der Waals surface area contributed by atoms with Crippen LogP contribution in [-0.2, 0) is 0 Å². The Morgan fingerprint density at radius 3 is 2.64 bits per heavy atom. The van der Waals surface area contributed by atoms with Crippen molar-refractivity contribution in [1.82, 2.24) is 0 Å². The average molecular weight is 153 g/mol. The van der Waals surface area contributed by atoms with E-state index in [1.807, 2.05) is 0 Å². The van der Waals surface area contributed by atoms with E-state index >= 15 is 0 Å². The van der Waals surface area contributed by atoms with Gasteiger partial charge in [0.2, 0.25) is 0 Å². The molecule has 1 aliphatic rings. The Labute approximate surface area is 67.4 Å². The van der Waals surface area contributed by atoms with Gasteiger partial charge in [0, 0.05) is 11.0 Å². The van der Waals surface area contributed by atoms with Crippen molar-refractivity contribution in [3.8, 4) is 0 Å². The highest BCUT2D eigenvalue weighted by atomic mass is 15.2. The lowest BCUT2D eigenvalue weighted by Crippen LogP contribution is -2.27. The van der Waals surface area contributed by atoms with Crippen molar-refractivity contribution in [2.75, 3.05) is 0 Å². The predicted octanol–water partition coefficient (Wildman–Crippen LogP) is 3.12. The van der Waals surface area contributed by atoms with Gasteiger partial charge in [-0.3, -0.25) is 0 Å². The smallest absolute Gasteiger partial charge is 0.0379 e. The fourth-order valence-electron chi connectivity index (χ4n) is 1.73. The molecular weight excluding hydrogens is 138 g/mol. The third-order valence-corrected chi connectivity index (χ3v) is 2.23. The first-order valence-corrected chi connectivity index (χ1v) is 4.26. The van der Waals surface area contributed by atoms with Crippen molar-refractivity contribution in [3.63, 3.8) is 0 Å². The first-order valence-electron chi connectivity index (χ1n) is 4.26. The summed E-state index contributed by atoms with van der Waals surface area (Å²) in [5, 5.41) is 3.67. The molecule has 0 N–H and O–H groups in total. The Kier molecular flexibility index (Phi) is 2.77. The molecule has 0 aromatic carbocycles. The van der Waals surface area contributed by atoms with E-state index in [9.17, 15) is 0 Å². The zero-order valence-corrected chi connectivity index (χ0v) is 7.20. The Hall–Kier alpha value is -0.690. The van der Waals surface area contributed by atoms with E-state index in [1.165, 1.54) is 6.42 Å². The molecule has 0 atom stereocenters. The van der Waals surface area contributed by atoms with Gasteiger partial charge >= 0.3 is 0 Å². The first kappa shape index (κ1) is 8.41. The molecule has 0 aromatic heterocycles. The lowest BCUT2D eigenvalue weighted by Gasteiger charge is -2.33. The van der Waals surface area contributed by atoms with Crippen LogP contribution in [-0.4, -0.2) is 6.04 Å². The summed E-state index contributed by atoms with van der Waals surface area (Å²) >= 11 is 0. The van der Waals surface area contributed by atoms with Gasteiger partial charge in [-0.05, 0) is 36.6 Å². The van der Waals surface area contributed by atoms with Gasteiger partial charge in [-0.25, -0.2) is 0 Å². The van der Waals surface area contributed by atoms with E-state index in [2.05, 4.69) is 23.9 Å². The summed E-state index contributed by atoms with van der Waals surface area (Å²) in [6.45, 7) is 4.47. The summed E-state index contributed by atoms with van der Waals surface area (Å²) in [6, 6.07) is 0.309. The predicted molar refractivity (Wildman–Crippen MR) is 45.1 cm³/mol. The SMILES string of the molecule is CC(C)CC1CC(N=[N+]=[N-])C1. The third kappa shape index (κ3) is 2.43. The summed E-state index contributed by atoms with van der Waals surface area (Å²) in [6.07, 6.45) is 3.52. The third-order valence-electron chi connectivity index (χ3n) is 2.23. The maximum Gasteiger partial charge on any atom is 0.0379 e. The number of nitrogens with zero attached hydrogens (tertiary/aromatic N) is 3. The second-order valence-electron chi connectivity index (χ2n) is 3.83. The second-order valence-corrected chi connectivity index (χ2v) is 3.83. The van der Waals surface area contributed by atoms with E-state index < -0.39 is 0 Å². The van der Waals surface area contributed by atoms with Crippen molar-refractivity contribution in [3.05, 3.63) is 10.4 Å². The Morgan fingerprint density at radius 2 is 2.18 bits per heavy atom. The minimum Gasteiger partial charge on any atom is -0.0906 e. The van der Waals surface area contributed by atoms with Crippen LogP contribution in [0.5, 0.6) is 0 Å². The number of hydrogen-bond acceptors (Lipinski definition) is 1. The molecule has 0 aliphatic heterocycles. The topological polar surface area (TPSA) is 48.8 Å². The van der Waals surface area contributed by atoms with Gasteiger partial charge in [-0.1, -0.05) is 19.0 Å². The quantitative estimate of drug-likeness (QED) is 0.340. The Balaban J connectivity index is 2.14. The summed E-state index contributed by atoms with van der Waals surface area (Å²) in [5.74, 6) is 1.61. The van der Waals surface area contributed by atoms with Crippen LogP contribution in [0.1, 0.15) is 33.1 Å². The van der Waals surface area contributed by atoms with Gasteiger partial charge in [0.1, 0.15) is 0 Å². The van der Waals surface area contributed by atoms with Crippen LogP contribution >= 0.6 is 0 Å². The van der Waals surface area contributed by atoms with Crippen molar-refractivity contribution in [2.45, 2.75) is 39.2 Å². The van der Waals surface area contributed by atoms with Gasteiger partial charge < -0.3 is 0 Å². The molecule has 62 valence electrons. The first-order chi connectivity index (χ1) is 5.22. The lowest BCUT2D eigenvalue weighted by atomic mass is 9.76. The molecule has 0 aromatic rings. The Morgan fingerprint density at radius 1 is 1.55 bits per heavy atom. The van der Waals surface area contributed by atoms with Crippen molar-refractivity contribution in [1.29, 1.82) is 0 Å². The van der Waals surface area contributed by atoms with Crippen molar-refractivity contribution >= 4 is 0 Å². The van der Waals surface area contributed by atoms with Gasteiger partial charge in [0.05, 0.1) is 0 Å². The molecule has 1 fully saturated rings. The molecule has 0 amide bonds. The van der Waals surface area contributed by atoms with Crippen LogP contribution in [0.25, 0.3) is 10.4 Å². The summed E-state index contributed by atoms with van der Waals surface area (Å²) < 4.78 is 0. The Bertz CT molecular complexity index is 164. The zero-order chi connectivity index (χ0) is 8.27. The maximum absolute atomic E-state index is 8.13. The van der Waals surface area contributed by atoms with Gasteiger partial charge in [-0.15, -0.1) is 0 Å². The molecule has 11 heavy (non-hydrogen) atoms. The highest BCUT2D eigenvalue weighted by molar-refractivity contribution is 4.85. The van der Waals surface area contributed by atoms with Crippen LogP contribution in [0.2, 0.25) is 0 Å². The summed E-state index contributed by atoms with van der Waals surface area (Å²) in [7, 11) is 0.